The van der Waals surface area contributed by atoms with Crippen LogP contribution in [-0.4, -0.2) is 23.0 Å². The number of H-pyrrole nitrogens is 1. The van der Waals surface area contributed by atoms with E-state index in [1.165, 1.54) is 12.0 Å². The van der Waals surface area contributed by atoms with Gasteiger partial charge in [0.1, 0.15) is 5.69 Å². The lowest BCUT2D eigenvalue weighted by atomic mass is 10.4. The second-order valence-electron chi connectivity index (χ2n) is 3.46. The number of carbonyl (C=O) groups is 1. The molecule has 6 heteroatoms. The van der Waals surface area contributed by atoms with E-state index >= 15 is 0 Å². The van der Waals surface area contributed by atoms with Crippen LogP contribution in [0.15, 0.2) is 23.8 Å². The molecule has 0 amide bonds. The van der Waals surface area contributed by atoms with Crippen LogP contribution in [0.2, 0.25) is 0 Å². The van der Waals surface area contributed by atoms with Gasteiger partial charge in [0.15, 0.2) is 0 Å². The van der Waals surface area contributed by atoms with Crippen LogP contribution in [0, 0.1) is 0 Å². The summed E-state index contributed by atoms with van der Waals surface area (Å²) < 4.78 is 4.62. The van der Waals surface area contributed by atoms with Crippen molar-refractivity contribution in [2.75, 3.05) is 7.11 Å². The van der Waals surface area contributed by atoms with Crippen molar-refractivity contribution < 1.29 is 9.53 Å². The summed E-state index contributed by atoms with van der Waals surface area (Å²) in [6.07, 6.45) is 1.84. The van der Waals surface area contributed by atoms with E-state index in [0.29, 0.717) is 12.2 Å². The number of methoxy groups -OCH3 is 1. The maximum atomic E-state index is 11.2. The zero-order valence-corrected chi connectivity index (χ0v) is 10.2. The number of thiazole rings is 1. The van der Waals surface area contributed by atoms with Crippen molar-refractivity contribution in [3.05, 3.63) is 40.1 Å². The van der Waals surface area contributed by atoms with Gasteiger partial charge in [-0.05, 0) is 12.1 Å². The molecule has 2 aromatic heterocycles. The predicted molar refractivity (Wildman–Crippen MR) is 64.8 cm³/mol. The van der Waals surface area contributed by atoms with Gasteiger partial charge < -0.3 is 15.0 Å². The second kappa shape index (κ2) is 5.60. The van der Waals surface area contributed by atoms with Crippen LogP contribution in [0.25, 0.3) is 0 Å². The molecule has 0 saturated carbocycles. The number of aromatic nitrogens is 2. The summed E-state index contributed by atoms with van der Waals surface area (Å²) >= 11 is 1.61. The number of nitrogens with one attached hydrogen (secondary N) is 2. The molecule has 90 valence electrons. The van der Waals surface area contributed by atoms with Gasteiger partial charge in [0.25, 0.3) is 0 Å². The zero-order chi connectivity index (χ0) is 12.1. The topological polar surface area (TPSA) is 67.0 Å². The third-order valence-electron chi connectivity index (χ3n) is 2.25. The van der Waals surface area contributed by atoms with E-state index in [2.05, 4.69) is 20.0 Å². The molecule has 0 bridgehead atoms. The van der Waals surface area contributed by atoms with Gasteiger partial charge in [-0.2, -0.15) is 0 Å². The average Bonchev–Trinajstić information content (AvgIpc) is 2.99. The molecular formula is C11H13N3O2S. The Kier molecular flexibility index (Phi) is 3.89. The van der Waals surface area contributed by atoms with E-state index in [1.807, 2.05) is 12.3 Å². The van der Waals surface area contributed by atoms with Crippen molar-refractivity contribution >= 4 is 17.3 Å². The Morgan fingerprint density at radius 2 is 2.41 bits per heavy atom. The number of carbonyl (C=O) groups excluding carboxylic acids is 1. The van der Waals surface area contributed by atoms with Crippen LogP contribution >= 0.6 is 11.3 Å². The Balaban J connectivity index is 1.83. The van der Waals surface area contributed by atoms with Gasteiger partial charge in [0, 0.05) is 29.9 Å². The van der Waals surface area contributed by atoms with Gasteiger partial charge in [-0.15, -0.1) is 11.3 Å². The van der Waals surface area contributed by atoms with Gasteiger partial charge in [-0.25, -0.2) is 4.79 Å². The minimum Gasteiger partial charge on any atom is -0.464 e. The largest absolute Gasteiger partial charge is 0.464 e. The Hall–Kier alpha value is -1.66. The fourth-order valence-corrected chi connectivity index (χ4v) is 1.99. The normalized spacial score (nSPS) is 10.4. The summed E-state index contributed by atoms with van der Waals surface area (Å²) in [5, 5.41) is 3.26. The van der Waals surface area contributed by atoms with Crippen LogP contribution in [-0.2, 0) is 17.8 Å². The second-order valence-corrected chi connectivity index (χ2v) is 4.43. The molecule has 2 N–H and O–H groups in total. The minimum atomic E-state index is -0.348. The highest BCUT2D eigenvalue weighted by atomic mass is 32.1. The molecule has 0 unspecified atom stereocenters. The van der Waals surface area contributed by atoms with Crippen molar-refractivity contribution in [3.8, 4) is 0 Å². The number of rotatable bonds is 5. The summed E-state index contributed by atoms with van der Waals surface area (Å²) in [7, 11) is 1.37. The molecule has 2 rings (SSSR count). The first-order valence-corrected chi connectivity index (χ1v) is 6.02. The lowest BCUT2D eigenvalue weighted by Gasteiger charge is -2.00. The van der Waals surface area contributed by atoms with Crippen LogP contribution in [0.5, 0.6) is 0 Å². The van der Waals surface area contributed by atoms with Gasteiger partial charge in [0.05, 0.1) is 12.6 Å². The lowest BCUT2D eigenvalue weighted by molar-refractivity contribution is 0.0594. The first kappa shape index (κ1) is 11.8. The monoisotopic (exact) mass is 251 g/mol. The maximum Gasteiger partial charge on any atom is 0.354 e. The van der Waals surface area contributed by atoms with Crippen LogP contribution < -0.4 is 5.32 Å². The average molecular weight is 251 g/mol. The van der Waals surface area contributed by atoms with Crippen molar-refractivity contribution in [2.45, 2.75) is 13.1 Å². The smallest absolute Gasteiger partial charge is 0.354 e. The van der Waals surface area contributed by atoms with E-state index in [-0.39, 0.29) is 5.97 Å². The fraction of sp³-hybridized carbons (Fsp3) is 0.273. The Bertz CT molecular complexity index is 479. The van der Waals surface area contributed by atoms with Crippen LogP contribution in [0.3, 0.4) is 0 Å². The molecule has 0 aliphatic rings. The van der Waals surface area contributed by atoms with Gasteiger partial charge in [0.2, 0.25) is 0 Å². The van der Waals surface area contributed by atoms with E-state index in [0.717, 1.165) is 12.2 Å². The minimum absolute atomic E-state index is 0.348. The molecule has 0 atom stereocenters. The summed E-state index contributed by atoms with van der Waals surface area (Å²) in [6, 6.07) is 3.58. The third kappa shape index (κ3) is 3.15. The Labute approximate surface area is 103 Å². The molecule has 0 fully saturated rings. The number of ether oxygens (including phenoxy) is 1. The van der Waals surface area contributed by atoms with E-state index < -0.39 is 0 Å². The predicted octanol–water partition coefficient (Wildman–Crippen LogP) is 1.55. The van der Waals surface area contributed by atoms with Crippen molar-refractivity contribution in [2.24, 2.45) is 0 Å². The Morgan fingerprint density at radius 3 is 3.12 bits per heavy atom. The molecule has 0 aliphatic heterocycles. The molecule has 0 radical (unpaired) electrons. The first-order valence-electron chi connectivity index (χ1n) is 5.14. The quantitative estimate of drug-likeness (QED) is 0.791. The Morgan fingerprint density at radius 1 is 1.53 bits per heavy atom. The third-order valence-corrected chi connectivity index (χ3v) is 3.03. The fourth-order valence-electron chi connectivity index (χ4n) is 1.42. The molecule has 5 nitrogen and oxygen atoms in total. The summed E-state index contributed by atoms with van der Waals surface area (Å²) in [5.41, 5.74) is 3.23. The first-order chi connectivity index (χ1) is 8.29. The molecule has 0 spiro atoms. The van der Waals surface area contributed by atoms with E-state index in [4.69, 9.17) is 0 Å². The summed E-state index contributed by atoms with van der Waals surface area (Å²) in [4.78, 5) is 19.4. The van der Waals surface area contributed by atoms with Gasteiger partial charge in [-0.1, -0.05) is 0 Å². The lowest BCUT2D eigenvalue weighted by Crippen LogP contribution is -2.12. The van der Waals surface area contributed by atoms with E-state index in [1.54, 1.807) is 22.9 Å². The molecule has 0 saturated heterocycles. The number of aromatic amines is 1. The molecule has 0 aliphatic carbocycles. The van der Waals surface area contributed by atoms with Crippen LogP contribution in [0.1, 0.15) is 21.1 Å². The van der Waals surface area contributed by atoms with Gasteiger partial charge in [-0.3, -0.25) is 4.98 Å². The molecular weight excluding hydrogens is 238 g/mol. The van der Waals surface area contributed by atoms with Crippen molar-refractivity contribution in [1.82, 2.24) is 15.3 Å². The van der Waals surface area contributed by atoms with Crippen molar-refractivity contribution in [3.63, 3.8) is 0 Å². The number of nitrogens with zero attached hydrogens (tertiary/aromatic N) is 1. The molecule has 17 heavy (non-hydrogen) atoms. The zero-order valence-electron chi connectivity index (χ0n) is 9.40. The highest BCUT2D eigenvalue weighted by Gasteiger charge is 2.07. The molecule has 0 aromatic carbocycles. The van der Waals surface area contributed by atoms with E-state index in [9.17, 15) is 4.79 Å². The highest BCUT2D eigenvalue weighted by Crippen LogP contribution is 2.06. The number of hydrogen-bond donors (Lipinski definition) is 2. The standard InChI is InChI=1S/C11H13N3O2S/c1-16-11(15)10-3-2-8(14-10)4-12-5-9-6-13-7-17-9/h2-3,6-7,12,14H,4-5H2,1H3. The van der Waals surface area contributed by atoms with Gasteiger partial charge >= 0.3 is 5.97 Å². The van der Waals surface area contributed by atoms with Crippen molar-refractivity contribution in [1.29, 1.82) is 0 Å². The van der Waals surface area contributed by atoms with Crippen LogP contribution in [0.4, 0.5) is 0 Å². The molecule has 2 heterocycles. The summed E-state index contributed by atoms with van der Waals surface area (Å²) in [5.74, 6) is -0.348. The summed E-state index contributed by atoms with van der Waals surface area (Å²) in [6.45, 7) is 1.45. The number of esters is 1. The maximum absolute atomic E-state index is 11.2. The highest BCUT2D eigenvalue weighted by molar-refractivity contribution is 7.09. The SMILES string of the molecule is COC(=O)c1ccc(CNCc2cncs2)[nH]1. The number of hydrogen-bond acceptors (Lipinski definition) is 5. The molecule has 2 aromatic rings.